The molecule has 2 unspecified atom stereocenters. The van der Waals surface area contributed by atoms with Gasteiger partial charge >= 0.3 is 6.09 Å². The van der Waals surface area contributed by atoms with Crippen LogP contribution in [0.2, 0.25) is 0 Å². The number of primary amides is 1. The monoisotopic (exact) mass is 221 g/mol. The average Bonchev–Trinajstić information content (AvgIpc) is 2.18. The van der Waals surface area contributed by atoms with Gasteiger partial charge in [0.05, 0.1) is 32.5 Å². The third kappa shape index (κ3) is 8.17. The van der Waals surface area contributed by atoms with Crippen molar-refractivity contribution in [3.63, 3.8) is 0 Å². The fraction of sp³-hybridized carbons (Fsp3) is 0.889. The highest BCUT2D eigenvalue weighted by Gasteiger charge is 2.17. The van der Waals surface area contributed by atoms with Gasteiger partial charge in [0.15, 0.2) is 0 Å². The molecular weight excluding hydrogens is 202 g/mol. The van der Waals surface area contributed by atoms with Crippen LogP contribution in [0.3, 0.4) is 0 Å². The fourth-order valence-electron chi connectivity index (χ4n) is 1.01. The van der Waals surface area contributed by atoms with Gasteiger partial charge in [-0.25, -0.2) is 4.79 Å². The van der Waals surface area contributed by atoms with Gasteiger partial charge in [-0.05, 0) is 13.8 Å². The Morgan fingerprint density at radius 1 is 1.60 bits per heavy atom. The number of carbonyl (C=O) groups is 1. The Balaban J connectivity index is 0.000000288. The van der Waals surface area contributed by atoms with Gasteiger partial charge < -0.3 is 25.1 Å². The molecule has 1 saturated heterocycles. The van der Waals surface area contributed by atoms with Gasteiger partial charge in [0.1, 0.15) is 6.10 Å². The lowest BCUT2D eigenvalue weighted by Gasteiger charge is -2.26. The Labute approximate surface area is 89.3 Å². The van der Waals surface area contributed by atoms with Crippen molar-refractivity contribution in [2.45, 2.75) is 26.1 Å². The van der Waals surface area contributed by atoms with Crippen LogP contribution in [0.15, 0.2) is 0 Å². The van der Waals surface area contributed by atoms with Gasteiger partial charge in [0.2, 0.25) is 0 Å². The molecule has 1 aliphatic heterocycles. The van der Waals surface area contributed by atoms with Crippen LogP contribution in [-0.4, -0.2) is 49.8 Å². The Bertz CT molecular complexity index is 176. The third-order valence-electron chi connectivity index (χ3n) is 1.57. The molecule has 1 aliphatic rings. The van der Waals surface area contributed by atoms with E-state index in [2.05, 4.69) is 10.5 Å². The molecule has 1 fully saturated rings. The van der Waals surface area contributed by atoms with Gasteiger partial charge in [-0.1, -0.05) is 0 Å². The SMILES string of the molecule is CC1COCC(CO)O1.CCOC(N)=O. The minimum absolute atomic E-state index is 0.0599. The molecule has 0 bridgehead atoms. The lowest BCUT2D eigenvalue weighted by atomic mass is 10.3. The Morgan fingerprint density at radius 3 is 2.53 bits per heavy atom. The van der Waals surface area contributed by atoms with Gasteiger partial charge in [-0.2, -0.15) is 0 Å². The highest BCUT2D eigenvalue weighted by atomic mass is 16.6. The highest BCUT2D eigenvalue weighted by molar-refractivity contribution is 5.64. The number of aliphatic hydroxyl groups excluding tert-OH is 1. The van der Waals surface area contributed by atoms with Crippen LogP contribution in [0, 0.1) is 0 Å². The van der Waals surface area contributed by atoms with Crippen molar-refractivity contribution in [2.75, 3.05) is 26.4 Å². The summed E-state index contributed by atoms with van der Waals surface area (Å²) in [5.41, 5.74) is 4.54. The molecule has 0 saturated carbocycles. The Morgan fingerprint density at radius 2 is 2.27 bits per heavy atom. The van der Waals surface area contributed by atoms with Crippen molar-refractivity contribution >= 4 is 6.09 Å². The van der Waals surface area contributed by atoms with Crippen molar-refractivity contribution in [2.24, 2.45) is 5.73 Å². The van der Waals surface area contributed by atoms with Crippen molar-refractivity contribution in [3.05, 3.63) is 0 Å². The van der Waals surface area contributed by atoms with E-state index in [4.69, 9.17) is 14.6 Å². The molecule has 1 amide bonds. The molecule has 0 radical (unpaired) electrons. The molecule has 1 heterocycles. The smallest absolute Gasteiger partial charge is 0.404 e. The molecule has 0 aromatic heterocycles. The molecule has 15 heavy (non-hydrogen) atoms. The Hall–Kier alpha value is -0.850. The molecule has 0 aromatic carbocycles. The molecule has 6 heteroatoms. The predicted molar refractivity (Wildman–Crippen MR) is 53.4 cm³/mol. The first kappa shape index (κ1) is 14.2. The first-order valence-electron chi connectivity index (χ1n) is 4.86. The molecular formula is C9H19NO5. The quantitative estimate of drug-likeness (QED) is 0.678. The first-order valence-corrected chi connectivity index (χ1v) is 4.86. The largest absolute Gasteiger partial charge is 0.450 e. The second kappa shape index (κ2) is 8.46. The van der Waals surface area contributed by atoms with E-state index in [0.717, 1.165) is 0 Å². The molecule has 90 valence electrons. The highest BCUT2D eigenvalue weighted by Crippen LogP contribution is 2.05. The van der Waals surface area contributed by atoms with Crippen LogP contribution in [0.4, 0.5) is 4.79 Å². The number of ether oxygens (including phenoxy) is 3. The maximum atomic E-state index is 9.60. The van der Waals surface area contributed by atoms with E-state index in [1.807, 2.05) is 6.92 Å². The van der Waals surface area contributed by atoms with E-state index in [-0.39, 0.29) is 18.8 Å². The number of aliphatic hydroxyl groups is 1. The lowest BCUT2D eigenvalue weighted by Crippen LogP contribution is -2.36. The molecule has 0 aromatic rings. The summed E-state index contributed by atoms with van der Waals surface area (Å²) in [5, 5.41) is 8.60. The zero-order chi connectivity index (χ0) is 11.7. The summed E-state index contributed by atoms with van der Waals surface area (Å²) in [6.45, 7) is 5.23. The predicted octanol–water partition coefficient (Wildman–Crippen LogP) is -0.116. The molecule has 1 rings (SSSR count). The van der Waals surface area contributed by atoms with Gasteiger partial charge in [0, 0.05) is 0 Å². The summed E-state index contributed by atoms with van der Waals surface area (Å²) >= 11 is 0. The van der Waals surface area contributed by atoms with Crippen molar-refractivity contribution in [3.8, 4) is 0 Å². The third-order valence-corrected chi connectivity index (χ3v) is 1.57. The van der Waals surface area contributed by atoms with E-state index in [1.165, 1.54) is 0 Å². The topological polar surface area (TPSA) is 91.0 Å². The molecule has 6 nitrogen and oxygen atoms in total. The minimum atomic E-state index is -0.711. The summed E-state index contributed by atoms with van der Waals surface area (Å²) < 4.78 is 14.5. The number of nitrogens with two attached hydrogens (primary N) is 1. The number of rotatable bonds is 2. The molecule has 0 aliphatic carbocycles. The van der Waals surface area contributed by atoms with Crippen molar-refractivity contribution in [1.82, 2.24) is 0 Å². The van der Waals surface area contributed by atoms with Crippen LogP contribution >= 0.6 is 0 Å². The summed E-state index contributed by atoms with van der Waals surface area (Å²) in [7, 11) is 0. The normalized spacial score (nSPS) is 25.0. The van der Waals surface area contributed by atoms with Gasteiger partial charge in [0.25, 0.3) is 0 Å². The van der Waals surface area contributed by atoms with E-state index < -0.39 is 6.09 Å². The molecule has 3 N–H and O–H groups in total. The number of hydrogen-bond donors (Lipinski definition) is 2. The Kier molecular flexibility index (Phi) is 7.98. The van der Waals surface area contributed by atoms with Gasteiger partial charge in [-0.15, -0.1) is 0 Å². The minimum Gasteiger partial charge on any atom is -0.450 e. The molecule has 0 spiro atoms. The average molecular weight is 221 g/mol. The number of carbonyl (C=O) groups excluding carboxylic acids is 1. The van der Waals surface area contributed by atoms with E-state index >= 15 is 0 Å². The summed E-state index contributed by atoms with van der Waals surface area (Å²) in [6.07, 6.45) is -0.679. The number of amides is 1. The standard InChI is InChI=1S/C6H12O3.C3H7NO2/c1-5-3-8-4-6(2-7)9-5;1-2-6-3(4)5/h5-7H,2-4H2,1H3;2H2,1H3,(H2,4,5). The van der Waals surface area contributed by atoms with Crippen LogP contribution in [0.1, 0.15) is 13.8 Å². The van der Waals surface area contributed by atoms with E-state index in [1.54, 1.807) is 6.92 Å². The maximum Gasteiger partial charge on any atom is 0.404 e. The summed E-state index contributed by atoms with van der Waals surface area (Å²) in [4.78, 5) is 9.60. The van der Waals surface area contributed by atoms with E-state index in [9.17, 15) is 4.79 Å². The number of hydrogen-bond acceptors (Lipinski definition) is 5. The van der Waals surface area contributed by atoms with Crippen molar-refractivity contribution < 1.29 is 24.1 Å². The summed E-state index contributed by atoms with van der Waals surface area (Å²) in [6, 6.07) is 0. The van der Waals surface area contributed by atoms with Crippen molar-refractivity contribution in [1.29, 1.82) is 0 Å². The molecule has 2 atom stereocenters. The second-order valence-electron chi connectivity index (χ2n) is 3.04. The lowest BCUT2D eigenvalue weighted by molar-refractivity contribution is -0.143. The fourth-order valence-corrected chi connectivity index (χ4v) is 1.01. The van der Waals surface area contributed by atoms with Crippen LogP contribution in [0.25, 0.3) is 0 Å². The summed E-state index contributed by atoms with van der Waals surface area (Å²) in [5.74, 6) is 0. The maximum absolute atomic E-state index is 9.60. The van der Waals surface area contributed by atoms with Gasteiger partial charge in [-0.3, -0.25) is 0 Å². The zero-order valence-corrected chi connectivity index (χ0v) is 9.14. The first-order chi connectivity index (χ1) is 7.10. The zero-order valence-electron chi connectivity index (χ0n) is 9.14. The second-order valence-corrected chi connectivity index (χ2v) is 3.04. The van der Waals surface area contributed by atoms with E-state index in [0.29, 0.717) is 19.8 Å². The van der Waals surface area contributed by atoms with Crippen LogP contribution in [-0.2, 0) is 14.2 Å². The van der Waals surface area contributed by atoms with Crippen LogP contribution in [0.5, 0.6) is 0 Å². The van der Waals surface area contributed by atoms with Crippen LogP contribution < -0.4 is 5.73 Å².